The van der Waals surface area contributed by atoms with E-state index >= 15 is 0 Å². The molecular formula is C8H6Cl2OS. The smallest absolute Gasteiger partial charge is 0.226 e. The summed E-state index contributed by atoms with van der Waals surface area (Å²) in [6.07, 6.45) is 0. The molecule has 1 rings (SSSR count). The highest BCUT2D eigenvalue weighted by atomic mass is 35.5. The summed E-state index contributed by atoms with van der Waals surface area (Å²) in [5.74, 6) is 0. The van der Waals surface area contributed by atoms with Gasteiger partial charge in [0.2, 0.25) is 9.45 Å². The van der Waals surface area contributed by atoms with Crippen LogP contribution in [-0.4, -0.2) is 5.12 Å². The molecule has 1 nitrogen and oxygen atoms in total. The molecule has 1 aromatic carbocycles. The highest BCUT2D eigenvalue weighted by molar-refractivity contribution is 7.97. The average molecular weight is 221 g/mol. The van der Waals surface area contributed by atoms with Gasteiger partial charge in [0.05, 0.1) is 0 Å². The number of carbonyl (C=O) groups excluding carboxylic acids is 1. The molecule has 0 heterocycles. The summed E-state index contributed by atoms with van der Waals surface area (Å²) < 4.78 is -1.54. The Morgan fingerprint density at radius 2 is 1.75 bits per heavy atom. The predicted molar refractivity (Wildman–Crippen MR) is 53.8 cm³/mol. The molecule has 0 aliphatic heterocycles. The van der Waals surface area contributed by atoms with Crippen molar-refractivity contribution in [2.24, 2.45) is 0 Å². The van der Waals surface area contributed by atoms with Gasteiger partial charge in [0.15, 0.2) is 0 Å². The van der Waals surface area contributed by atoms with E-state index in [1.807, 2.05) is 6.07 Å². The number of halogens is 2. The molecule has 0 saturated heterocycles. The highest BCUT2D eigenvalue weighted by Crippen LogP contribution is 2.35. The van der Waals surface area contributed by atoms with Crippen LogP contribution in [0.25, 0.3) is 0 Å². The molecule has 0 fully saturated rings. The zero-order valence-corrected chi connectivity index (χ0v) is 8.40. The average Bonchev–Trinajstić information content (AvgIpc) is 2.06. The first-order chi connectivity index (χ1) is 5.55. The summed E-state index contributed by atoms with van der Waals surface area (Å²) in [6, 6.07) is 8.68. The molecule has 12 heavy (non-hydrogen) atoms. The molecule has 0 amide bonds. The molecule has 0 bridgehead atoms. The first-order valence-corrected chi connectivity index (χ1v) is 4.42. The van der Waals surface area contributed by atoms with Gasteiger partial charge in [-0.05, 0) is 5.56 Å². The van der Waals surface area contributed by atoms with Crippen LogP contribution in [0, 0.1) is 0 Å². The third-order valence-corrected chi connectivity index (χ3v) is 2.78. The van der Waals surface area contributed by atoms with Gasteiger partial charge in [-0.3, -0.25) is 4.79 Å². The van der Waals surface area contributed by atoms with Crippen LogP contribution in [-0.2, 0) is 9.13 Å². The van der Waals surface area contributed by atoms with Crippen LogP contribution >= 0.6 is 35.8 Å². The number of benzene rings is 1. The minimum atomic E-state index is -1.54. The number of hydrogen-bond acceptors (Lipinski definition) is 1. The van der Waals surface area contributed by atoms with Crippen LogP contribution in [0.1, 0.15) is 5.56 Å². The molecular weight excluding hydrogens is 215 g/mol. The van der Waals surface area contributed by atoms with Crippen molar-refractivity contribution in [1.82, 2.24) is 0 Å². The maximum atomic E-state index is 10.9. The van der Waals surface area contributed by atoms with E-state index in [0.29, 0.717) is 5.56 Å². The van der Waals surface area contributed by atoms with E-state index in [1.165, 1.54) is 0 Å². The fraction of sp³-hybridized carbons (Fsp3) is 0.125. The van der Waals surface area contributed by atoms with Crippen molar-refractivity contribution in [3.63, 3.8) is 0 Å². The lowest BCUT2D eigenvalue weighted by Crippen LogP contribution is -2.18. The monoisotopic (exact) mass is 220 g/mol. The Morgan fingerprint density at radius 3 is 2.17 bits per heavy atom. The lowest BCUT2D eigenvalue weighted by atomic mass is 10.1. The second kappa shape index (κ2) is 3.69. The number of hydrogen-bond donors (Lipinski definition) is 1. The van der Waals surface area contributed by atoms with Crippen LogP contribution in [0.2, 0.25) is 0 Å². The molecule has 0 atom stereocenters. The molecule has 0 aliphatic carbocycles. The zero-order valence-electron chi connectivity index (χ0n) is 6.00. The number of alkyl halides is 2. The topological polar surface area (TPSA) is 17.1 Å². The zero-order chi connectivity index (χ0) is 9.19. The maximum Gasteiger partial charge on any atom is 0.226 e. The summed E-state index contributed by atoms with van der Waals surface area (Å²) in [5, 5.41) is -0.572. The maximum absolute atomic E-state index is 10.9. The van der Waals surface area contributed by atoms with Crippen molar-refractivity contribution in [2.75, 3.05) is 0 Å². The summed E-state index contributed by atoms with van der Waals surface area (Å²) in [4.78, 5) is 10.9. The molecule has 0 radical (unpaired) electrons. The van der Waals surface area contributed by atoms with E-state index in [1.54, 1.807) is 24.3 Å². The molecule has 0 saturated carbocycles. The first-order valence-electron chi connectivity index (χ1n) is 3.22. The Labute approximate surface area is 86.1 Å². The van der Waals surface area contributed by atoms with Crippen LogP contribution in [0.15, 0.2) is 30.3 Å². The van der Waals surface area contributed by atoms with Crippen molar-refractivity contribution in [3.8, 4) is 0 Å². The van der Waals surface area contributed by atoms with Crippen LogP contribution in [0.3, 0.4) is 0 Å². The van der Waals surface area contributed by atoms with E-state index in [-0.39, 0.29) is 0 Å². The Bertz CT molecular complexity index is 284. The summed E-state index contributed by atoms with van der Waals surface area (Å²) in [5.41, 5.74) is 0.535. The highest BCUT2D eigenvalue weighted by Gasteiger charge is 2.32. The van der Waals surface area contributed by atoms with Crippen LogP contribution in [0.5, 0.6) is 0 Å². The van der Waals surface area contributed by atoms with Gasteiger partial charge < -0.3 is 0 Å². The SMILES string of the molecule is O=C(S)C(Cl)(Cl)c1ccccc1. The van der Waals surface area contributed by atoms with Gasteiger partial charge in [-0.15, -0.1) is 12.6 Å². The van der Waals surface area contributed by atoms with Gasteiger partial charge in [0, 0.05) is 0 Å². The molecule has 1 aromatic rings. The molecule has 0 unspecified atom stereocenters. The number of thiol groups is 1. The summed E-state index contributed by atoms with van der Waals surface area (Å²) in [7, 11) is 0. The minimum absolute atomic E-state index is 0.535. The minimum Gasteiger partial charge on any atom is -0.284 e. The third-order valence-electron chi connectivity index (χ3n) is 1.40. The fourth-order valence-corrected chi connectivity index (χ4v) is 1.15. The van der Waals surface area contributed by atoms with E-state index in [2.05, 4.69) is 12.6 Å². The third kappa shape index (κ3) is 1.94. The van der Waals surface area contributed by atoms with Gasteiger partial charge in [-0.2, -0.15) is 0 Å². The Morgan fingerprint density at radius 1 is 1.25 bits per heavy atom. The van der Waals surface area contributed by atoms with Crippen molar-refractivity contribution >= 4 is 40.9 Å². The molecule has 4 heteroatoms. The Kier molecular flexibility index (Phi) is 3.04. The molecule has 0 aromatic heterocycles. The van der Waals surface area contributed by atoms with Crippen molar-refractivity contribution in [3.05, 3.63) is 35.9 Å². The lowest BCUT2D eigenvalue weighted by Gasteiger charge is -2.14. The molecule has 0 aliphatic rings. The standard InChI is InChI=1S/C8H6Cl2OS/c9-8(10,7(11)12)6-4-2-1-3-5-6/h1-5H,(H,11,12). The van der Waals surface area contributed by atoms with E-state index in [0.717, 1.165) is 0 Å². The van der Waals surface area contributed by atoms with Gasteiger partial charge in [0.25, 0.3) is 0 Å². The number of carbonyl (C=O) groups is 1. The lowest BCUT2D eigenvalue weighted by molar-refractivity contribution is -0.111. The number of rotatable bonds is 2. The summed E-state index contributed by atoms with van der Waals surface area (Å²) >= 11 is 15.1. The van der Waals surface area contributed by atoms with Crippen molar-refractivity contribution in [1.29, 1.82) is 0 Å². The van der Waals surface area contributed by atoms with Gasteiger partial charge >= 0.3 is 0 Å². The van der Waals surface area contributed by atoms with Crippen molar-refractivity contribution in [2.45, 2.75) is 4.33 Å². The normalized spacial score (nSPS) is 11.2. The summed E-state index contributed by atoms with van der Waals surface area (Å²) in [6.45, 7) is 0. The quantitative estimate of drug-likeness (QED) is 0.600. The Balaban J connectivity index is 3.06. The van der Waals surface area contributed by atoms with Crippen LogP contribution < -0.4 is 0 Å². The van der Waals surface area contributed by atoms with Crippen LogP contribution in [0.4, 0.5) is 0 Å². The largest absolute Gasteiger partial charge is 0.284 e. The first kappa shape index (κ1) is 9.90. The predicted octanol–water partition coefficient (Wildman–Crippen LogP) is 2.77. The van der Waals surface area contributed by atoms with Gasteiger partial charge in [0.1, 0.15) is 0 Å². The van der Waals surface area contributed by atoms with Gasteiger partial charge in [-0.1, -0.05) is 53.5 Å². The molecule has 0 N–H and O–H groups in total. The second-order valence-corrected chi connectivity index (χ2v) is 3.98. The molecule has 64 valence electrons. The second-order valence-electron chi connectivity index (χ2n) is 2.25. The molecule has 0 spiro atoms. The van der Waals surface area contributed by atoms with Crippen molar-refractivity contribution < 1.29 is 4.79 Å². The van der Waals surface area contributed by atoms with E-state index < -0.39 is 9.45 Å². The van der Waals surface area contributed by atoms with Gasteiger partial charge in [-0.25, -0.2) is 0 Å². The van der Waals surface area contributed by atoms with E-state index in [4.69, 9.17) is 23.2 Å². The Hall–Kier alpha value is -0.180. The fourth-order valence-electron chi connectivity index (χ4n) is 0.771. The van der Waals surface area contributed by atoms with E-state index in [9.17, 15) is 4.79 Å².